The fourth-order valence-electron chi connectivity index (χ4n) is 1.88. The molecule has 0 radical (unpaired) electrons. The first-order valence-corrected chi connectivity index (χ1v) is 6.44. The fraction of sp³-hybridized carbons (Fsp3) is 0.118. The standard InChI is InChI=1S/C17H17NO3/c1-20-15-8-10-17(21-2)13(11-15)5-9-16(19)12-3-6-14(18)7-4-12/h3-11H,18H2,1-2H3/b9-5+. The SMILES string of the molecule is COc1ccc(OC)c(/C=C/C(=O)c2ccc(N)cc2)c1. The molecule has 0 saturated heterocycles. The number of hydrogen-bond donors (Lipinski definition) is 1. The van der Waals surface area contributed by atoms with E-state index in [1.54, 1.807) is 56.7 Å². The van der Waals surface area contributed by atoms with Crippen LogP contribution in [0.5, 0.6) is 11.5 Å². The Labute approximate surface area is 123 Å². The smallest absolute Gasteiger partial charge is 0.185 e. The number of allylic oxidation sites excluding steroid dienone is 1. The summed E-state index contributed by atoms with van der Waals surface area (Å²) in [4.78, 5) is 12.1. The van der Waals surface area contributed by atoms with E-state index in [1.807, 2.05) is 6.07 Å². The highest BCUT2D eigenvalue weighted by atomic mass is 16.5. The Kier molecular flexibility index (Phi) is 4.61. The Bertz CT molecular complexity index is 660. The molecule has 2 rings (SSSR count). The molecule has 2 aromatic carbocycles. The molecule has 0 aliphatic heterocycles. The van der Waals surface area contributed by atoms with E-state index >= 15 is 0 Å². The fourth-order valence-corrected chi connectivity index (χ4v) is 1.88. The van der Waals surface area contributed by atoms with Gasteiger partial charge in [-0.25, -0.2) is 0 Å². The van der Waals surface area contributed by atoms with Crippen LogP contribution in [0.25, 0.3) is 6.08 Å². The van der Waals surface area contributed by atoms with Crippen LogP contribution in [-0.4, -0.2) is 20.0 Å². The number of carbonyl (C=O) groups excluding carboxylic acids is 1. The lowest BCUT2D eigenvalue weighted by Gasteiger charge is -2.07. The largest absolute Gasteiger partial charge is 0.497 e. The molecule has 0 heterocycles. The van der Waals surface area contributed by atoms with Gasteiger partial charge in [0.15, 0.2) is 5.78 Å². The summed E-state index contributed by atoms with van der Waals surface area (Å²) in [6.07, 6.45) is 3.21. The second-order valence-electron chi connectivity index (χ2n) is 4.43. The van der Waals surface area contributed by atoms with Crippen molar-refractivity contribution in [1.82, 2.24) is 0 Å². The Hall–Kier alpha value is -2.75. The van der Waals surface area contributed by atoms with Crippen molar-refractivity contribution in [2.45, 2.75) is 0 Å². The third-order valence-corrected chi connectivity index (χ3v) is 3.05. The topological polar surface area (TPSA) is 61.5 Å². The maximum Gasteiger partial charge on any atom is 0.185 e. The van der Waals surface area contributed by atoms with Gasteiger partial charge in [-0.05, 0) is 54.6 Å². The third kappa shape index (κ3) is 3.63. The molecule has 4 heteroatoms. The number of benzene rings is 2. The third-order valence-electron chi connectivity index (χ3n) is 3.05. The second-order valence-corrected chi connectivity index (χ2v) is 4.43. The number of rotatable bonds is 5. The van der Waals surface area contributed by atoms with Gasteiger partial charge < -0.3 is 15.2 Å². The Morgan fingerprint density at radius 2 is 1.76 bits per heavy atom. The number of hydrogen-bond acceptors (Lipinski definition) is 4. The van der Waals surface area contributed by atoms with Crippen molar-refractivity contribution in [3.05, 3.63) is 59.7 Å². The van der Waals surface area contributed by atoms with Crippen molar-refractivity contribution in [3.8, 4) is 11.5 Å². The van der Waals surface area contributed by atoms with E-state index in [-0.39, 0.29) is 5.78 Å². The van der Waals surface area contributed by atoms with Gasteiger partial charge >= 0.3 is 0 Å². The Balaban J connectivity index is 2.24. The van der Waals surface area contributed by atoms with Gasteiger partial charge in [-0.3, -0.25) is 4.79 Å². The number of nitrogens with two attached hydrogens (primary N) is 1. The predicted octanol–water partition coefficient (Wildman–Crippen LogP) is 3.18. The summed E-state index contributed by atoms with van der Waals surface area (Å²) >= 11 is 0. The van der Waals surface area contributed by atoms with Gasteiger partial charge in [0.1, 0.15) is 11.5 Å². The van der Waals surface area contributed by atoms with Crippen LogP contribution in [0.15, 0.2) is 48.5 Å². The molecule has 0 bridgehead atoms. The minimum Gasteiger partial charge on any atom is -0.497 e. The Morgan fingerprint density at radius 3 is 2.38 bits per heavy atom. The maximum atomic E-state index is 12.1. The summed E-state index contributed by atoms with van der Waals surface area (Å²) in [5.41, 5.74) is 7.60. The van der Waals surface area contributed by atoms with E-state index in [0.29, 0.717) is 22.7 Å². The molecule has 21 heavy (non-hydrogen) atoms. The van der Waals surface area contributed by atoms with Gasteiger partial charge in [-0.15, -0.1) is 0 Å². The van der Waals surface area contributed by atoms with Crippen LogP contribution in [0.4, 0.5) is 5.69 Å². The zero-order valence-electron chi connectivity index (χ0n) is 12.0. The minimum absolute atomic E-state index is 0.0973. The van der Waals surface area contributed by atoms with Gasteiger partial charge in [-0.1, -0.05) is 0 Å². The van der Waals surface area contributed by atoms with E-state index in [9.17, 15) is 4.79 Å². The van der Waals surface area contributed by atoms with Crippen molar-refractivity contribution >= 4 is 17.5 Å². The van der Waals surface area contributed by atoms with Crippen molar-refractivity contribution < 1.29 is 14.3 Å². The summed E-state index contributed by atoms with van der Waals surface area (Å²) in [5.74, 6) is 1.28. The molecule has 0 aromatic heterocycles. The minimum atomic E-state index is -0.0973. The molecule has 0 aliphatic rings. The lowest BCUT2D eigenvalue weighted by atomic mass is 10.1. The molecule has 2 aromatic rings. The maximum absolute atomic E-state index is 12.1. The highest BCUT2D eigenvalue weighted by molar-refractivity contribution is 6.07. The molecular weight excluding hydrogens is 266 g/mol. The molecule has 0 amide bonds. The van der Waals surface area contributed by atoms with Crippen LogP contribution in [0.3, 0.4) is 0 Å². The van der Waals surface area contributed by atoms with E-state index in [2.05, 4.69) is 0 Å². The summed E-state index contributed by atoms with van der Waals surface area (Å²) in [6, 6.07) is 12.2. The van der Waals surface area contributed by atoms with Crippen molar-refractivity contribution in [1.29, 1.82) is 0 Å². The number of methoxy groups -OCH3 is 2. The molecule has 0 saturated carbocycles. The van der Waals surface area contributed by atoms with Crippen LogP contribution in [0.2, 0.25) is 0 Å². The van der Waals surface area contributed by atoms with Gasteiger partial charge in [-0.2, -0.15) is 0 Å². The highest BCUT2D eigenvalue weighted by Gasteiger charge is 2.04. The number of ether oxygens (including phenoxy) is 2. The van der Waals surface area contributed by atoms with Crippen molar-refractivity contribution in [3.63, 3.8) is 0 Å². The zero-order chi connectivity index (χ0) is 15.2. The van der Waals surface area contributed by atoms with Crippen LogP contribution in [0, 0.1) is 0 Å². The summed E-state index contributed by atoms with van der Waals surface area (Å²) < 4.78 is 10.4. The number of nitrogen functional groups attached to an aromatic ring is 1. The number of ketones is 1. The summed E-state index contributed by atoms with van der Waals surface area (Å²) in [6.45, 7) is 0. The first-order chi connectivity index (χ1) is 10.1. The molecular formula is C17H17NO3. The van der Waals surface area contributed by atoms with Crippen molar-refractivity contribution in [2.75, 3.05) is 20.0 Å². The van der Waals surface area contributed by atoms with Crippen LogP contribution < -0.4 is 15.2 Å². The quantitative estimate of drug-likeness (QED) is 0.520. The van der Waals surface area contributed by atoms with Gasteiger partial charge in [0, 0.05) is 16.8 Å². The van der Waals surface area contributed by atoms with Gasteiger partial charge in [0.25, 0.3) is 0 Å². The monoisotopic (exact) mass is 283 g/mol. The summed E-state index contributed by atoms with van der Waals surface area (Å²) in [7, 11) is 3.18. The number of anilines is 1. The first kappa shape index (κ1) is 14.7. The molecule has 108 valence electrons. The predicted molar refractivity (Wildman–Crippen MR) is 83.8 cm³/mol. The van der Waals surface area contributed by atoms with Gasteiger partial charge in [0.05, 0.1) is 14.2 Å². The molecule has 2 N–H and O–H groups in total. The zero-order valence-corrected chi connectivity index (χ0v) is 12.0. The molecule has 0 unspecified atom stereocenters. The van der Waals surface area contributed by atoms with E-state index < -0.39 is 0 Å². The first-order valence-electron chi connectivity index (χ1n) is 6.44. The average molecular weight is 283 g/mol. The van der Waals surface area contributed by atoms with E-state index in [0.717, 1.165) is 5.56 Å². The van der Waals surface area contributed by atoms with E-state index in [4.69, 9.17) is 15.2 Å². The molecule has 4 nitrogen and oxygen atoms in total. The number of carbonyl (C=O) groups is 1. The molecule has 0 fully saturated rings. The second kappa shape index (κ2) is 6.61. The van der Waals surface area contributed by atoms with Crippen LogP contribution in [-0.2, 0) is 0 Å². The van der Waals surface area contributed by atoms with E-state index in [1.165, 1.54) is 6.08 Å². The van der Waals surface area contributed by atoms with Crippen LogP contribution >= 0.6 is 0 Å². The van der Waals surface area contributed by atoms with Crippen LogP contribution in [0.1, 0.15) is 15.9 Å². The molecule has 0 spiro atoms. The molecule has 0 aliphatic carbocycles. The normalized spacial score (nSPS) is 10.6. The Morgan fingerprint density at radius 1 is 1.05 bits per heavy atom. The summed E-state index contributed by atoms with van der Waals surface area (Å²) in [5, 5.41) is 0. The highest BCUT2D eigenvalue weighted by Crippen LogP contribution is 2.25. The lowest BCUT2D eigenvalue weighted by molar-refractivity contribution is 0.104. The van der Waals surface area contributed by atoms with Crippen molar-refractivity contribution in [2.24, 2.45) is 0 Å². The average Bonchev–Trinajstić information content (AvgIpc) is 2.52. The van der Waals surface area contributed by atoms with Gasteiger partial charge in [0.2, 0.25) is 0 Å². The molecule has 0 atom stereocenters. The lowest BCUT2D eigenvalue weighted by Crippen LogP contribution is -1.95.